The van der Waals surface area contributed by atoms with Gasteiger partial charge in [-0.15, -0.1) is 11.3 Å². The second-order valence-electron chi connectivity index (χ2n) is 8.68. The van der Waals surface area contributed by atoms with Crippen LogP contribution < -0.4 is 15.8 Å². The molecule has 0 radical (unpaired) electrons. The summed E-state index contributed by atoms with van der Waals surface area (Å²) < 4.78 is 1.80. The first-order valence-electron chi connectivity index (χ1n) is 11.2. The molecule has 0 spiro atoms. The van der Waals surface area contributed by atoms with Crippen LogP contribution in [0.2, 0.25) is 0 Å². The highest BCUT2D eigenvalue weighted by Gasteiger charge is 2.22. The zero-order valence-electron chi connectivity index (χ0n) is 18.6. The number of fused-ring (bicyclic) bond motifs is 2. The molecule has 3 aromatic rings. The first-order valence-corrected chi connectivity index (χ1v) is 12.1. The molecule has 3 aromatic heterocycles. The minimum absolute atomic E-state index is 0.0158. The maximum atomic E-state index is 13.1. The highest BCUT2D eigenvalue weighted by molar-refractivity contribution is 7.20. The minimum Gasteiger partial charge on any atom is -0.354 e. The summed E-state index contributed by atoms with van der Waals surface area (Å²) in [6, 6.07) is 3.83. The summed E-state index contributed by atoms with van der Waals surface area (Å²) in [4.78, 5) is 41.2. The van der Waals surface area contributed by atoms with E-state index in [0.717, 1.165) is 63.5 Å². The topological polar surface area (TPSA) is 83.4 Å². The zero-order valence-corrected chi connectivity index (χ0v) is 19.4. The van der Waals surface area contributed by atoms with Gasteiger partial charge in [-0.05, 0) is 44.5 Å². The van der Waals surface area contributed by atoms with Crippen LogP contribution in [-0.4, -0.2) is 58.6 Å². The first kappa shape index (κ1) is 21.1. The predicted octanol–water partition coefficient (Wildman–Crippen LogP) is 2.89. The number of likely N-dealkylation sites (N-methyl/N-ethyl adjacent to an activating group) is 1. The molecule has 0 aromatic carbocycles. The number of hydrogen-bond acceptors (Lipinski definition) is 7. The van der Waals surface area contributed by atoms with Crippen molar-refractivity contribution in [3.8, 4) is 0 Å². The molecule has 2 aliphatic rings. The minimum atomic E-state index is -0.223. The Morgan fingerprint density at radius 3 is 2.66 bits per heavy atom. The molecule has 2 aliphatic heterocycles. The monoisotopic (exact) mass is 452 g/mol. The quantitative estimate of drug-likeness (QED) is 0.658. The first-order chi connectivity index (χ1) is 15.5. The van der Waals surface area contributed by atoms with Crippen LogP contribution >= 0.6 is 11.3 Å². The summed E-state index contributed by atoms with van der Waals surface area (Å²) in [5.41, 5.74) is 1.34. The van der Waals surface area contributed by atoms with Crippen LogP contribution in [0.25, 0.3) is 10.2 Å². The normalized spacial score (nSPS) is 17.2. The molecule has 0 unspecified atom stereocenters. The molecule has 32 heavy (non-hydrogen) atoms. The number of carbonyl (C=O) groups excluding carboxylic acids is 1. The summed E-state index contributed by atoms with van der Waals surface area (Å²) >= 11 is 1.30. The van der Waals surface area contributed by atoms with Gasteiger partial charge in [-0.1, -0.05) is 6.42 Å². The Balaban J connectivity index is 1.37. The van der Waals surface area contributed by atoms with Crippen molar-refractivity contribution < 1.29 is 4.79 Å². The predicted molar refractivity (Wildman–Crippen MR) is 128 cm³/mol. The lowest BCUT2D eigenvalue weighted by molar-refractivity contribution is 0.103. The van der Waals surface area contributed by atoms with Crippen molar-refractivity contribution in [1.29, 1.82) is 0 Å². The van der Waals surface area contributed by atoms with Crippen LogP contribution in [-0.2, 0) is 13.0 Å². The Labute approximate surface area is 190 Å². The van der Waals surface area contributed by atoms with E-state index in [1.54, 1.807) is 10.8 Å². The summed E-state index contributed by atoms with van der Waals surface area (Å²) in [6.45, 7) is 6.48. The molecule has 0 bridgehead atoms. The van der Waals surface area contributed by atoms with Crippen LogP contribution in [0.3, 0.4) is 0 Å². The number of anilines is 2. The number of piperazine rings is 1. The van der Waals surface area contributed by atoms with E-state index >= 15 is 0 Å². The Hall–Kier alpha value is -2.78. The van der Waals surface area contributed by atoms with Gasteiger partial charge in [0.2, 0.25) is 0 Å². The molecule has 0 saturated carbocycles. The largest absolute Gasteiger partial charge is 0.354 e. The molecule has 8 nitrogen and oxygen atoms in total. The van der Waals surface area contributed by atoms with E-state index in [1.165, 1.54) is 11.3 Å². The van der Waals surface area contributed by atoms with Crippen molar-refractivity contribution in [2.75, 3.05) is 43.4 Å². The number of carbonyl (C=O) groups is 1. The lowest BCUT2D eigenvalue weighted by Crippen LogP contribution is -2.44. The van der Waals surface area contributed by atoms with Crippen LogP contribution in [0.4, 0.5) is 11.5 Å². The number of aryl methyl sites for hydroxylation is 2. The summed E-state index contributed by atoms with van der Waals surface area (Å²) in [5, 5.41) is 3.52. The number of amides is 1. The van der Waals surface area contributed by atoms with Crippen LogP contribution in [0.1, 0.15) is 40.3 Å². The van der Waals surface area contributed by atoms with Gasteiger partial charge in [-0.3, -0.25) is 14.2 Å². The van der Waals surface area contributed by atoms with Gasteiger partial charge in [0.05, 0.1) is 22.1 Å². The van der Waals surface area contributed by atoms with Gasteiger partial charge in [-0.2, -0.15) is 0 Å². The SMILES string of the molecule is Cc1c(C(=O)Nc2ccc(N3CCN(C)CC3)nc2)sc2nc3n(c(=O)c12)CCCCC3. The molecule has 0 aliphatic carbocycles. The average Bonchev–Trinajstić information content (AvgIpc) is 2.95. The molecule has 1 saturated heterocycles. The Morgan fingerprint density at radius 1 is 1.09 bits per heavy atom. The van der Waals surface area contributed by atoms with E-state index in [9.17, 15) is 9.59 Å². The summed E-state index contributed by atoms with van der Waals surface area (Å²) in [7, 11) is 2.13. The fraction of sp³-hybridized carbons (Fsp3) is 0.478. The van der Waals surface area contributed by atoms with E-state index in [-0.39, 0.29) is 11.5 Å². The molecule has 5 heterocycles. The lowest BCUT2D eigenvalue weighted by atomic mass is 10.2. The third-order valence-corrected chi connectivity index (χ3v) is 7.64. The van der Waals surface area contributed by atoms with E-state index < -0.39 is 0 Å². The average molecular weight is 453 g/mol. The van der Waals surface area contributed by atoms with Crippen molar-refractivity contribution in [1.82, 2.24) is 19.4 Å². The number of thiophene rings is 1. The van der Waals surface area contributed by atoms with E-state index in [0.29, 0.717) is 32.9 Å². The Bertz CT molecular complexity index is 1210. The third-order valence-electron chi connectivity index (χ3n) is 6.45. The highest BCUT2D eigenvalue weighted by Crippen LogP contribution is 2.29. The fourth-order valence-corrected chi connectivity index (χ4v) is 5.58. The van der Waals surface area contributed by atoms with E-state index in [2.05, 4.69) is 27.1 Å². The molecule has 1 N–H and O–H groups in total. The van der Waals surface area contributed by atoms with E-state index in [1.807, 2.05) is 19.1 Å². The van der Waals surface area contributed by atoms with Crippen molar-refractivity contribution >= 4 is 39.0 Å². The molecular weight excluding hydrogens is 424 g/mol. The van der Waals surface area contributed by atoms with Gasteiger partial charge in [0.1, 0.15) is 16.5 Å². The van der Waals surface area contributed by atoms with Gasteiger partial charge >= 0.3 is 0 Å². The lowest BCUT2D eigenvalue weighted by Gasteiger charge is -2.33. The van der Waals surface area contributed by atoms with Gasteiger partial charge in [0, 0.05) is 39.1 Å². The van der Waals surface area contributed by atoms with Crippen LogP contribution in [0.15, 0.2) is 23.1 Å². The highest BCUT2D eigenvalue weighted by atomic mass is 32.1. The zero-order chi connectivity index (χ0) is 22.2. The molecule has 9 heteroatoms. The third kappa shape index (κ3) is 3.91. The molecular formula is C23H28N6O2S. The number of nitrogens with one attached hydrogen (secondary N) is 1. The number of hydrogen-bond donors (Lipinski definition) is 1. The van der Waals surface area contributed by atoms with Crippen molar-refractivity contribution in [3.63, 3.8) is 0 Å². The molecule has 5 rings (SSSR count). The van der Waals surface area contributed by atoms with Crippen LogP contribution in [0, 0.1) is 6.92 Å². The second kappa shape index (κ2) is 8.63. The summed E-state index contributed by atoms with van der Waals surface area (Å²) in [6.07, 6.45) is 5.67. The summed E-state index contributed by atoms with van der Waals surface area (Å²) in [5.74, 6) is 1.55. The standard InChI is InChI=1S/C23H28N6O2S/c1-15-19-22(26-18-6-4-3-5-9-29(18)23(19)31)32-20(15)21(30)25-16-7-8-17(24-14-16)28-12-10-27(2)11-13-28/h7-8,14H,3-6,9-13H2,1-2H3,(H,25,30). The maximum absolute atomic E-state index is 13.1. The molecule has 168 valence electrons. The molecule has 1 amide bonds. The Morgan fingerprint density at radius 2 is 1.91 bits per heavy atom. The smallest absolute Gasteiger partial charge is 0.266 e. The molecule has 0 atom stereocenters. The van der Waals surface area contributed by atoms with Crippen molar-refractivity contribution in [2.24, 2.45) is 0 Å². The van der Waals surface area contributed by atoms with Gasteiger partial charge in [-0.25, -0.2) is 9.97 Å². The van der Waals surface area contributed by atoms with E-state index in [4.69, 9.17) is 4.98 Å². The van der Waals surface area contributed by atoms with Gasteiger partial charge in [0.25, 0.3) is 11.5 Å². The molecule has 1 fully saturated rings. The second-order valence-corrected chi connectivity index (χ2v) is 9.68. The number of aromatic nitrogens is 3. The number of nitrogens with zero attached hydrogens (tertiary/aromatic N) is 5. The maximum Gasteiger partial charge on any atom is 0.266 e. The van der Waals surface area contributed by atoms with Crippen molar-refractivity contribution in [3.05, 3.63) is 44.9 Å². The van der Waals surface area contributed by atoms with Crippen molar-refractivity contribution in [2.45, 2.75) is 39.2 Å². The van der Waals surface area contributed by atoms with Crippen LogP contribution in [0.5, 0.6) is 0 Å². The Kier molecular flexibility index (Phi) is 5.69. The number of rotatable bonds is 3. The van der Waals surface area contributed by atoms with Gasteiger partial charge in [0.15, 0.2) is 0 Å². The fourth-order valence-electron chi connectivity index (χ4n) is 4.50. The van der Waals surface area contributed by atoms with Gasteiger partial charge < -0.3 is 15.1 Å². The number of pyridine rings is 1.